The average Bonchev–Trinajstić information content (AvgIpc) is 2.78. The molecule has 116 valence electrons. The molecular formula is C12H15BrFN3O3S. The van der Waals surface area contributed by atoms with Gasteiger partial charge in [-0.05, 0) is 41.4 Å². The molecule has 0 spiro atoms. The van der Waals surface area contributed by atoms with Crippen LogP contribution in [0.4, 0.5) is 10.1 Å². The molecule has 0 saturated carbocycles. The van der Waals surface area contributed by atoms with Crippen LogP contribution in [-0.4, -0.2) is 31.7 Å². The summed E-state index contributed by atoms with van der Waals surface area (Å²) in [7, 11) is -3.88. The molecule has 0 bridgehead atoms. The number of primary amides is 1. The predicted molar refractivity (Wildman–Crippen MR) is 79.2 cm³/mol. The zero-order valence-corrected chi connectivity index (χ0v) is 13.7. The maximum absolute atomic E-state index is 13.3. The van der Waals surface area contributed by atoms with Crippen LogP contribution in [0.3, 0.4) is 0 Å². The summed E-state index contributed by atoms with van der Waals surface area (Å²) in [4.78, 5) is 11.3. The van der Waals surface area contributed by atoms with E-state index >= 15 is 0 Å². The Morgan fingerprint density at radius 3 is 2.62 bits per heavy atom. The number of nitrogens with two attached hydrogens (primary N) is 2. The standard InChI is InChI=1S/C12H15BrFN3O3S/c1-12(11(16)18)2-3-17(6-12)21(19,20)10-5-9(15)8(14)4-7(10)13/h4-5H,2-3,6,15H2,1H3,(H2,16,18). The van der Waals surface area contributed by atoms with Crippen LogP contribution in [0.15, 0.2) is 21.5 Å². The molecular weight excluding hydrogens is 365 g/mol. The molecule has 1 atom stereocenters. The van der Waals surface area contributed by atoms with Crippen LogP contribution in [0.5, 0.6) is 0 Å². The number of anilines is 1. The number of carbonyl (C=O) groups excluding carboxylic acids is 1. The van der Waals surface area contributed by atoms with Gasteiger partial charge in [0.15, 0.2) is 0 Å². The van der Waals surface area contributed by atoms with E-state index in [-0.39, 0.29) is 28.1 Å². The van der Waals surface area contributed by atoms with Crippen LogP contribution in [0.25, 0.3) is 0 Å². The Hall–Kier alpha value is -1.19. The fourth-order valence-electron chi connectivity index (χ4n) is 2.21. The molecule has 9 heteroatoms. The van der Waals surface area contributed by atoms with Crippen LogP contribution >= 0.6 is 15.9 Å². The van der Waals surface area contributed by atoms with Gasteiger partial charge in [0, 0.05) is 17.6 Å². The highest BCUT2D eigenvalue weighted by molar-refractivity contribution is 9.10. The van der Waals surface area contributed by atoms with Crippen molar-refractivity contribution in [1.29, 1.82) is 0 Å². The van der Waals surface area contributed by atoms with Gasteiger partial charge in [0.25, 0.3) is 0 Å². The average molecular weight is 380 g/mol. The molecule has 1 aliphatic rings. The van der Waals surface area contributed by atoms with Gasteiger partial charge >= 0.3 is 0 Å². The first kappa shape index (κ1) is 16.2. The minimum absolute atomic E-state index is 0.00557. The molecule has 1 heterocycles. The molecule has 2 rings (SSSR count). The van der Waals surface area contributed by atoms with Crippen molar-refractivity contribution in [1.82, 2.24) is 4.31 Å². The SMILES string of the molecule is CC1(C(N)=O)CCN(S(=O)(=O)c2cc(N)c(F)cc2Br)C1. The Labute approximate surface area is 130 Å². The summed E-state index contributed by atoms with van der Waals surface area (Å²) in [6, 6.07) is 2.07. The Balaban J connectivity index is 2.41. The molecule has 6 nitrogen and oxygen atoms in total. The highest BCUT2D eigenvalue weighted by Gasteiger charge is 2.44. The number of hydrogen-bond donors (Lipinski definition) is 2. The molecule has 4 N–H and O–H groups in total. The summed E-state index contributed by atoms with van der Waals surface area (Å²) in [5.74, 6) is -1.25. The van der Waals surface area contributed by atoms with E-state index in [1.165, 1.54) is 0 Å². The van der Waals surface area contributed by atoms with Gasteiger partial charge in [-0.1, -0.05) is 0 Å². The lowest BCUT2D eigenvalue weighted by Crippen LogP contribution is -2.38. The molecule has 1 amide bonds. The number of carbonyl (C=O) groups is 1. The lowest BCUT2D eigenvalue weighted by atomic mass is 9.89. The van der Waals surface area contributed by atoms with E-state index in [1.807, 2.05) is 0 Å². The molecule has 0 aromatic heterocycles. The second-order valence-corrected chi connectivity index (χ2v) is 8.08. The highest BCUT2D eigenvalue weighted by atomic mass is 79.9. The first-order chi connectivity index (χ1) is 9.58. The van der Waals surface area contributed by atoms with E-state index in [0.29, 0.717) is 6.42 Å². The number of hydrogen-bond acceptors (Lipinski definition) is 4. The maximum Gasteiger partial charge on any atom is 0.244 e. The van der Waals surface area contributed by atoms with Gasteiger partial charge in [0.05, 0.1) is 16.0 Å². The van der Waals surface area contributed by atoms with Crippen molar-refractivity contribution < 1.29 is 17.6 Å². The van der Waals surface area contributed by atoms with Crippen LogP contribution in [0.1, 0.15) is 13.3 Å². The van der Waals surface area contributed by atoms with E-state index in [0.717, 1.165) is 16.4 Å². The summed E-state index contributed by atoms with van der Waals surface area (Å²) in [6.45, 7) is 1.79. The van der Waals surface area contributed by atoms with Crippen molar-refractivity contribution in [2.24, 2.45) is 11.1 Å². The minimum atomic E-state index is -3.88. The molecule has 1 saturated heterocycles. The van der Waals surface area contributed by atoms with Gasteiger partial charge in [-0.25, -0.2) is 12.8 Å². The van der Waals surface area contributed by atoms with Crippen LogP contribution in [-0.2, 0) is 14.8 Å². The normalized spacial score (nSPS) is 23.4. The zero-order valence-electron chi connectivity index (χ0n) is 11.3. The van der Waals surface area contributed by atoms with Crippen molar-refractivity contribution in [3.8, 4) is 0 Å². The number of halogens is 2. The molecule has 1 aromatic carbocycles. The van der Waals surface area contributed by atoms with Crippen LogP contribution in [0, 0.1) is 11.2 Å². The molecule has 0 aliphatic carbocycles. The van der Waals surface area contributed by atoms with Crippen LogP contribution in [0.2, 0.25) is 0 Å². The summed E-state index contributed by atoms with van der Waals surface area (Å²) < 4.78 is 39.8. The Kier molecular flexibility index (Phi) is 4.02. The third-order valence-electron chi connectivity index (χ3n) is 3.70. The number of rotatable bonds is 3. The minimum Gasteiger partial charge on any atom is -0.396 e. The van der Waals surface area contributed by atoms with E-state index in [1.54, 1.807) is 6.92 Å². The molecule has 1 fully saturated rings. The highest BCUT2D eigenvalue weighted by Crippen LogP contribution is 2.36. The van der Waals surface area contributed by atoms with Crippen molar-refractivity contribution in [2.45, 2.75) is 18.2 Å². The van der Waals surface area contributed by atoms with Gasteiger partial charge in [-0.2, -0.15) is 4.31 Å². The number of sulfonamides is 1. The molecule has 0 radical (unpaired) electrons. The van der Waals surface area contributed by atoms with Gasteiger partial charge in [-0.15, -0.1) is 0 Å². The fraction of sp³-hybridized carbons (Fsp3) is 0.417. The number of nitrogen functional groups attached to an aromatic ring is 1. The van der Waals surface area contributed by atoms with E-state index in [2.05, 4.69) is 15.9 Å². The third kappa shape index (κ3) is 2.77. The van der Waals surface area contributed by atoms with Gasteiger partial charge in [-0.3, -0.25) is 4.79 Å². The van der Waals surface area contributed by atoms with Gasteiger partial charge < -0.3 is 11.5 Å². The topological polar surface area (TPSA) is 106 Å². The largest absolute Gasteiger partial charge is 0.396 e. The monoisotopic (exact) mass is 379 g/mol. The third-order valence-corrected chi connectivity index (χ3v) is 6.51. The smallest absolute Gasteiger partial charge is 0.244 e. The Morgan fingerprint density at radius 2 is 2.10 bits per heavy atom. The van der Waals surface area contributed by atoms with Crippen molar-refractivity contribution in [3.63, 3.8) is 0 Å². The van der Waals surface area contributed by atoms with Gasteiger partial charge in [0.1, 0.15) is 5.82 Å². The number of benzene rings is 1. The molecule has 21 heavy (non-hydrogen) atoms. The predicted octanol–water partition coefficient (Wildman–Crippen LogP) is 1.06. The second kappa shape index (κ2) is 5.22. The number of nitrogens with zero attached hydrogens (tertiary/aromatic N) is 1. The van der Waals surface area contributed by atoms with Crippen LogP contribution < -0.4 is 11.5 Å². The van der Waals surface area contributed by atoms with E-state index in [4.69, 9.17) is 11.5 Å². The Bertz CT molecular complexity index is 710. The summed E-state index contributed by atoms with van der Waals surface area (Å²) in [6.07, 6.45) is 0.343. The maximum atomic E-state index is 13.3. The summed E-state index contributed by atoms with van der Waals surface area (Å²) in [5.41, 5.74) is 9.59. The molecule has 1 unspecified atom stereocenters. The fourth-order valence-corrected chi connectivity index (χ4v) is 4.78. The van der Waals surface area contributed by atoms with Crippen molar-refractivity contribution in [3.05, 3.63) is 22.4 Å². The van der Waals surface area contributed by atoms with E-state index < -0.39 is 27.2 Å². The second-order valence-electron chi connectivity index (χ2n) is 5.32. The van der Waals surface area contributed by atoms with Crippen molar-refractivity contribution >= 4 is 37.5 Å². The lowest BCUT2D eigenvalue weighted by Gasteiger charge is -2.21. The van der Waals surface area contributed by atoms with E-state index in [9.17, 15) is 17.6 Å². The summed E-state index contributed by atoms with van der Waals surface area (Å²) in [5, 5.41) is 0. The Morgan fingerprint density at radius 1 is 1.48 bits per heavy atom. The zero-order chi connectivity index (χ0) is 16.0. The number of amides is 1. The first-order valence-corrected chi connectivity index (χ1v) is 8.36. The van der Waals surface area contributed by atoms with Gasteiger partial charge in [0.2, 0.25) is 15.9 Å². The summed E-state index contributed by atoms with van der Waals surface area (Å²) >= 11 is 3.03. The molecule has 1 aliphatic heterocycles. The molecule has 1 aromatic rings. The van der Waals surface area contributed by atoms with Crippen molar-refractivity contribution in [2.75, 3.05) is 18.8 Å². The first-order valence-electron chi connectivity index (χ1n) is 6.12. The lowest BCUT2D eigenvalue weighted by molar-refractivity contribution is -0.126. The quantitative estimate of drug-likeness (QED) is 0.765.